The molecule has 1 aromatic rings. The molecule has 106 valence electrons. The average molecular weight is 285 g/mol. The number of carbonyl (C=O) groups excluding carboxylic acids is 1. The van der Waals surface area contributed by atoms with E-state index in [2.05, 4.69) is 5.32 Å². The van der Waals surface area contributed by atoms with Gasteiger partial charge in [0.15, 0.2) is 0 Å². The van der Waals surface area contributed by atoms with Crippen molar-refractivity contribution in [3.05, 3.63) is 23.2 Å². The van der Waals surface area contributed by atoms with Crippen LogP contribution in [-0.4, -0.2) is 18.6 Å². The quantitative estimate of drug-likeness (QED) is 0.844. The number of nitrogens with two attached hydrogens (primary N) is 1. The summed E-state index contributed by atoms with van der Waals surface area (Å²) in [6, 6.07) is 5.21. The largest absolute Gasteiger partial charge is 0.489 e. The fourth-order valence-corrected chi connectivity index (χ4v) is 1.77. The molecule has 1 atom stereocenters. The SMILES string of the molecule is CC(CN)CC(=O)Nc1ccc(OC(C)C)c(Cl)c1. The zero-order valence-electron chi connectivity index (χ0n) is 11.6. The summed E-state index contributed by atoms with van der Waals surface area (Å²) in [4.78, 5) is 11.7. The van der Waals surface area contributed by atoms with E-state index >= 15 is 0 Å². The topological polar surface area (TPSA) is 64.4 Å². The Morgan fingerprint density at radius 3 is 2.63 bits per heavy atom. The number of amides is 1. The summed E-state index contributed by atoms with van der Waals surface area (Å²) in [5.41, 5.74) is 6.15. The summed E-state index contributed by atoms with van der Waals surface area (Å²) in [6.45, 7) is 6.29. The van der Waals surface area contributed by atoms with Gasteiger partial charge in [-0.2, -0.15) is 0 Å². The molecule has 0 aliphatic rings. The normalized spacial score (nSPS) is 12.3. The molecule has 1 aromatic carbocycles. The maximum atomic E-state index is 11.7. The van der Waals surface area contributed by atoms with Gasteiger partial charge < -0.3 is 15.8 Å². The van der Waals surface area contributed by atoms with Crippen LogP contribution in [0.15, 0.2) is 18.2 Å². The van der Waals surface area contributed by atoms with Crippen molar-refractivity contribution in [3.8, 4) is 5.75 Å². The Balaban J connectivity index is 2.65. The molecule has 0 saturated heterocycles. The summed E-state index contributed by atoms with van der Waals surface area (Å²) < 4.78 is 5.53. The summed E-state index contributed by atoms with van der Waals surface area (Å²) in [5.74, 6) is 0.718. The second-order valence-corrected chi connectivity index (χ2v) is 5.31. The lowest BCUT2D eigenvalue weighted by molar-refractivity contribution is -0.116. The van der Waals surface area contributed by atoms with Crippen LogP contribution in [0.1, 0.15) is 27.2 Å². The third-order valence-electron chi connectivity index (χ3n) is 2.51. The second-order valence-electron chi connectivity index (χ2n) is 4.90. The van der Waals surface area contributed by atoms with E-state index in [1.807, 2.05) is 20.8 Å². The lowest BCUT2D eigenvalue weighted by atomic mass is 10.1. The summed E-state index contributed by atoms with van der Waals surface area (Å²) in [7, 11) is 0. The monoisotopic (exact) mass is 284 g/mol. The molecule has 5 heteroatoms. The lowest BCUT2D eigenvalue weighted by Crippen LogP contribution is -2.20. The molecule has 0 aliphatic carbocycles. The van der Waals surface area contributed by atoms with Crippen molar-refractivity contribution in [2.24, 2.45) is 11.7 Å². The minimum atomic E-state index is -0.0634. The number of nitrogens with one attached hydrogen (secondary N) is 1. The molecule has 0 bridgehead atoms. The number of hydrogen-bond donors (Lipinski definition) is 2. The van der Waals surface area contributed by atoms with Gasteiger partial charge in [0.25, 0.3) is 0 Å². The van der Waals surface area contributed by atoms with Crippen LogP contribution in [0.3, 0.4) is 0 Å². The Morgan fingerprint density at radius 2 is 2.11 bits per heavy atom. The fourth-order valence-electron chi connectivity index (χ4n) is 1.54. The van der Waals surface area contributed by atoms with Crippen molar-refractivity contribution in [3.63, 3.8) is 0 Å². The van der Waals surface area contributed by atoms with Crippen LogP contribution in [0, 0.1) is 5.92 Å². The van der Waals surface area contributed by atoms with Gasteiger partial charge in [-0.05, 0) is 44.5 Å². The van der Waals surface area contributed by atoms with Crippen LogP contribution in [0.4, 0.5) is 5.69 Å². The second kappa shape index (κ2) is 7.36. The standard InChI is InChI=1S/C14H21ClN2O2/c1-9(2)19-13-5-4-11(7-12(13)15)17-14(18)6-10(3)8-16/h4-5,7,9-10H,6,8,16H2,1-3H3,(H,17,18). The van der Waals surface area contributed by atoms with Gasteiger partial charge in [0.1, 0.15) is 5.75 Å². The first-order valence-electron chi connectivity index (χ1n) is 6.38. The van der Waals surface area contributed by atoms with Gasteiger partial charge in [-0.25, -0.2) is 0 Å². The summed E-state index contributed by atoms with van der Waals surface area (Å²) >= 11 is 6.09. The highest BCUT2D eigenvalue weighted by atomic mass is 35.5. The molecular formula is C14H21ClN2O2. The maximum Gasteiger partial charge on any atom is 0.224 e. The third-order valence-corrected chi connectivity index (χ3v) is 2.81. The van der Waals surface area contributed by atoms with Gasteiger partial charge >= 0.3 is 0 Å². The van der Waals surface area contributed by atoms with Gasteiger partial charge in [-0.3, -0.25) is 4.79 Å². The predicted octanol–water partition coefficient (Wildman–Crippen LogP) is 3.05. The van der Waals surface area contributed by atoms with Crippen molar-refractivity contribution in [2.45, 2.75) is 33.3 Å². The van der Waals surface area contributed by atoms with Crippen molar-refractivity contribution in [1.82, 2.24) is 0 Å². The Labute approximate surface area is 119 Å². The number of halogens is 1. The minimum absolute atomic E-state index is 0.0587. The number of anilines is 1. The molecule has 1 unspecified atom stereocenters. The van der Waals surface area contributed by atoms with Crippen LogP contribution >= 0.6 is 11.6 Å². The van der Waals surface area contributed by atoms with E-state index in [4.69, 9.17) is 22.1 Å². The van der Waals surface area contributed by atoms with Crippen molar-refractivity contribution in [1.29, 1.82) is 0 Å². The average Bonchev–Trinajstić information content (AvgIpc) is 2.32. The molecule has 0 aromatic heterocycles. The first-order chi connectivity index (χ1) is 8.92. The van der Waals surface area contributed by atoms with Crippen LogP contribution in [-0.2, 0) is 4.79 Å². The number of rotatable bonds is 6. The molecular weight excluding hydrogens is 264 g/mol. The van der Waals surface area contributed by atoms with E-state index in [9.17, 15) is 4.79 Å². The van der Waals surface area contributed by atoms with Gasteiger partial charge in [-0.15, -0.1) is 0 Å². The molecule has 0 saturated carbocycles. The smallest absolute Gasteiger partial charge is 0.224 e. The first-order valence-corrected chi connectivity index (χ1v) is 6.76. The highest BCUT2D eigenvalue weighted by Gasteiger charge is 2.10. The molecule has 0 aliphatic heterocycles. The van der Waals surface area contributed by atoms with Gasteiger partial charge in [0.05, 0.1) is 11.1 Å². The van der Waals surface area contributed by atoms with E-state index in [0.29, 0.717) is 29.4 Å². The highest BCUT2D eigenvalue weighted by molar-refractivity contribution is 6.32. The van der Waals surface area contributed by atoms with Crippen molar-refractivity contribution >= 4 is 23.2 Å². The Morgan fingerprint density at radius 1 is 1.42 bits per heavy atom. The van der Waals surface area contributed by atoms with E-state index in [1.165, 1.54) is 0 Å². The number of benzene rings is 1. The van der Waals surface area contributed by atoms with E-state index in [1.54, 1.807) is 18.2 Å². The van der Waals surface area contributed by atoms with E-state index in [0.717, 1.165) is 0 Å². The Kier molecular flexibility index (Phi) is 6.12. The van der Waals surface area contributed by atoms with Crippen LogP contribution in [0.5, 0.6) is 5.75 Å². The number of hydrogen-bond acceptors (Lipinski definition) is 3. The molecule has 0 spiro atoms. The van der Waals surface area contributed by atoms with Crippen LogP contribution in [0.25, 0.3) is 0 Å². The van der Waals surface area contributed by atoms with E-state index < -0.39 is 0 Å². The summed E-state index contributed by atoms with van der Waals surface area (Å²) in [6.07, 6.45) is 0.460. The highest BCUT2D eigenvalue weighted by Crippen LogP contribution is 2.28. The summed E-state index contributed by atoms with van der Waals surface area (Å²) in [5, 5.41) is 3.28. The Hall–Kier alpha value is -1.26. The van der Waals surface area contributed by atoms with Gasteiger partial charge in [0.2, 0.25) is 5.91 Å². The molecule has 1 amide bonds. The molecule has 1 rings (SSSR count). The third kappa shape index (κ3) is 5.49. The first kappa shape index (κ1) is 15.8. The zero-order chi connectivity index (χ0) is 14.4. The minimum Gasteiger partial charge on any atom is -0.489 e. The maximum absolute atomic E-state index is 11.7. The van der Waals surface area contributed by atoms with Crippen LogP contribution < -0.4 is 15.8 Å². The molecule has 4 nitrogen and oxygen atoms in total. The predicted molar refractivity (Wildman–Crippen MR) is 78.7 cm³/mol. The lowest BCUT2D eigenvalue weighted by Gasteiger charge is -2.13. The van der Waals surface area contributed by atoms with Gasteiger partial charge in [-0.1, -0.05) is 18.5 Å². The fraction of sp³-hybridized carbons (Fsp3) is 0.500. The molecule has 19 heavy (non-hydrogen) atoms. The number of ether oxygens (including phenoxy) is 1. The molecule has 3 N–H and O–H groups in total. The Bertz CT molecular complexity index is 435. The molecule has 0 radical (unpaired) electrons. The molecule has 0 fully saturated rings. The zero-order valence-corrected chi connectivity index (χ0v) is 12.3. The van der Waals surface area contributed by atoms with Crippen LogP contribution in [0.2, 0.25) is 5.02 Å². The van der Waals surface area contributed by atoms with E-state index in [-0.39, 0.29) is 17.9 Å². The molecule has 0 heterocycles. The van der Waals surface area contributed by atoms with Gasteiger partial charge in [0, 0.05) is 12.1 Å². The number of carbonyl (C=O) groups is 1. The van der Waals surface area contributed by atoms with Crippen molar-refractivity contribution < 1.29 is 9.53 Å². The van der Waals surface area contributed by atoms with Crippen molar-refractivity contribution in [2.75, 3.05) is 11.9 Å².